The van der Waals surface area contributed by atoms with Gasteiger partial charge in [-0.3, -0.25) is 0 Å². The average Bonchev–Trinajstić information content (AvgIpc) is 2.13. The van der Waals surface area contributed by atoms with E-state index in [2.05, 4.69) is 10.1 Å². The molecule has 0 fully saturated rings. The molecule has 0 aliphatic carbocycles. The first-order chi connectivity index (χ1) is 4.68. The number of hydrogen-bond acceptors (Lipinski definition) is 4. The predicted molar refractivity (Wildman–Crippen MR) is 36.1 cm³/mol. The van der Waals surface area contributed by atoms with Gasteiger partial charge in [0.05, 0.1) is 0 Å². The van der Waals surface area contributed by atoms with Gasteiger partial charge in [0.15, 0.2) is 5.82 Å². The van der Waals surface area contributed by atoms with Crippen LogP contribution in [-0.2, 0) is 6.42 Å². The molecule has 54 valence electrons. The highest BCUT2D eigenvalue weighted by atomic mass is 16.5. The third kappa shape index (κ3) is 1.65. The zero-order valence-electron chi connectivity index (χ0n) is 6.01. The molecule has 0 saturated carbocycles. The van der Waals surface area contributed by atoms with Crippen LogP contribution in [0.25, 0.3) is 0 Å². The Kier molecular flexibility index (Phi) is 1.80. The van der Waals surface area contributed by atoms with E-state index in [9.17, 15) is 0 Å². The van der Waals surface area contributed by atoms with Crippen molar-refractivity contribution < 1.29 is 4.52 Å². The van der Waals surface area contributed by atoms with Crippen LogP contribution in [0.5, 0.6) is 0 Å². The van der Waals surface area contributed by atoms with Crippen LogP contribution in [0, 0.1) is 12.3 Å². The molecular weight excluding hydrogens is 130 g/mol. The van der Waals surface area contributed by atoms with Gasteiger partial charge >= 0.3 is 0 Å². The SMILES string of the molecule is CC(=N)Cc1noc(C)n1. The molecule has 4 heteroatoms. The van der Waals surface area contributed by atoms with Crippen molar-refractivity contribution in [3.63, 3.8) is 0 Å². The van der Waals surface area contributed by atoms with E-state index in [-0.39, 0.29) is 0 Å². The topological polar surface area (TPSA) is 62.8 Å². The second-order valence-corrected chi connectivity index (χ2v) is 2.19. The molecule has 0 unspecified atom stereocenters. The summed E-state index contributed by atoms with van der Waals surface area (Å²) in [5.74, 6) is 1.14. The van der Waals surface area contributed by atoms with E-state index < -0.39 is 0 Å². The maximum Gasteiger partial charge on any atom is 0.223 e. The Morgan fingerprint density at radius 2 is 2.40 bits per heavy atom. The standard InChI is InChI=1S/C6H9N3O/c1-4(7)3-6-8-5(2)10-9-6/h7H,3H2,1-2H3. The minimum atomic E-state index is 0.483. The van der Waals surface area contributed by atoms with Crippen molar-refractivity contribution in [3.8, 4) is 0 Å². The van der Waals surface area contributed by atoms with Crippen LogP contribution in [0.15, 0.2) is 4.52 Å². The molecule has 10 heavy (non-hydrogen) atoms. The van der Waals surface area contributed by atoms with Crippen LogP contribution in [-0.4, -0.2) is 15.9 Å². The van der Waals surface area contributed by atoms with Gasteiger partial charge < -0.3 is 9.93 Å². The first kappa shape index (κ1) is 6.92. The quantitative estimate of drug-likeness (QED) is 0.620. The number of rotatable bonds is 2. The number of aryl methyl sites for hydroxylation is 1. The average molecular weight is 139 g/mol. The van der Waals surface area contributed by atoms with Crippen molar-refractivity contribution in [2.45, 2.75) is 20.3 Å². The molecule has 1 N–H and O–H groups in total. The maximum atomic E-state index is 7.12. The second-order valence-electron chi connectivity index (χ2n) is 2.19. The minimum Gasteiger partial charge on any atom is -0.340 e. The highest BCUT2D eigenvalue weighted by molar-refractivity contribution is 5.80. The Hall–Kier alpha value is -1.19. The normalized spacial score (nSPS) is 9.80. The van der Waals surface area contributed by atoms with E-state index in [1.54, 1.807) is 13.8 Å². The molecule has 0 aliphatic heterocycles. The van der Waals surface area contributed by atoms with E-state index >= 15 is 0 Å². The molecule has 0 radical (unpaired) electrons. The van der Waals surface area contributed by atoms with E-state index in [0.717, 1.165) is 0 Å². The molecular formula is C6H9N3O. The lowest BCUT2D eigenvalue weighted by molar-refractivity contribution is 0.388. The fourth-order valence-electron chi connectivity index (χ4n) is 0.650. The van der Waals surface area contributed by atoms with Gasteiger partial charge in [-0.15, -0.1) is 0 Å². The molecule has 1 aromatic rings. The Morgan fingerprint density at radius 1 is 1.70 bits per heavy atom. The van der Waals surface area contributed by atoms with Gasteiger partial charge in [0.25, 0.3) is 0 Å². The smallest absolute Gasteiger partial charge is 0.223 e. The number of aromatic nitrogens is 2. The predicted octanol–water partition coefficient (Wildman–Crippen LogP) is 0.960. The largest absolute Gasteiger partial charge is 0.340 e. The third-order valence-corrected chi connectivity index (χ3v) is 0.993. The molecule has 0 bridgehead atoms. The monoisotopic (exact) mass is 139 g/mol. The molecule has 0 saturated heterocycles. The van der Waals surface area contributed by atoms with E-state index in [1.807, 2.05) is 0 Å². The first-order valence-electron chi connectivity index (χ1n) is 3.01. The van der Waals surface area contributed by atoms with Crippen LogP contribution in [0.1, 0.15) is 18.6 Å². The van der Waals surface area contributed by atoms with Crippen LogP contribution >= 0.6 is 0 Å². The lowest BCUT2D eigenvalue weighted by atomic mass is 10.3. The summed E-state index contributed by atoms with van der Waals surface area (Å²) < 4.78 is 4.71. The zero-order valence-corrected chi connectivity index (χ0v) is 6.01. The van der Waals surface area contributed by atoms with Crippen LogP contribution in [0.4, 0.5) is 0 Å². The van der Waals surface area contributed by atoms with Gasteiger partial charge in [-0.2, -0.15) is 4.98 Å². The number of hydrogen-bond donors (Lipinski definition) is 1. The summed E-state index contributed by atoms with van der Waals surface area (Å²) in [6.45, 7) is 3.45. The summed E-state index contributed by atoms with van der Waals surface area (Å²) in [7, 11) is 0. The molecule has 0 amide bonds. The van der Waals surface area contributed by atoms with Crippen LogP contribution < -0.4 is 0 Å². The fraction of sp³-hybridized carbons (Fsp3) is 0.500. The molecule has 0 aliphatic rings. The summed E-state index contributed by atoms with van der Waals surface area (Å²) in [6, 6.07) is 0. The van der Waals surface area contributed by atoms with Crippen molar-refractivity contribution in [2.24, 2.45) is 0 Å². The molecule has 0 atom stereocenters. The maximum absolute atomic E-state index is 7.12. The Labute approximate surface area is 58.8 Å². The van der Waals surface area contributed by atoms with Gasteiger partial charge in [0.2, 0.25) is 5.89 Å². The molecule has 1 aromatic heterocycles. The Balaban J connectivity index is 2.67. The summed E-state index contributed by atoms with van der Waals surface area (Å²) in [4.78, 5) is 3.93. The second kappa shape index (κ2) is 2.60. The molecule has 0 aromatic carbocycles. The summed E-state index contributed by atoms with van der Waals surface area (Å²) >= 11 is 0. The molecule has 1 rings (SSSR count). The highest BCUT2D eigenvalue weighted by Crippen LogP contribution is 1.95. The summed E-state index contributed by atoms with van der Waals surface area (Å²) in [6.07, 6.45) is 0.483. The fourth-order valence-corrected chi connectivity index (χ4v) is 0.650. The van der Waals surface area contributed by atoms with Crippen molar-refractivity contribution in [3.05, 3.63) is 11.7 Å². The van der Waals surface area contributed by atoms with Crippen LogP contribution in [0.3, 0.4) is 0 Å². The number of nitrogens with one attached hydrogen (secondary N) is 1. The number of nitrogens with zero attached hydrogens (tertiary/aromatic N) is 2. The van der Waals surface area contributed by atoms with E-state index in [1.165, 1.54) is 0 Å². The van der Waals surface area contributed by atoms with E-state index in [4.69, 9.17) is 9.93 Å². The van der Waals surface area contributed by atoms with Crippen molar-refractivity contribution in [1.82, 2.24) is 10.1 Å². The molecule has 1 heterocycles. The lowest BCUT2D eigenvalue weighted by Gasteiger charge is -1.85. The lowest BCUT2D eigenvalue weighted by Crippen LogP contribution is -1.96. The van der Waals surface area contributed by atoms with Crippen molar-refractivity contribution in [1.29, 1.82) is 5.41 Å². The van der Waals surface area contributed by atoms with Gasteiger partial charge in [0, 0.05) is 19.1 Å². The van der Waals surface area contributed by atoms with Gasteiger partial charge in [-0.05, 0) is 6.92 Å². The zero-order chi connectivity index (χ0) is 7.56. The minimum absolute atomic E-state index is 0.483. The molecule has 4 nitrogen and oxygen atoms in total. The summed E-state index contributed by atoms with van der Waals surface area (Å²) in [5, 5.41) is 10.7. The first-order valence-corrected chi connectivity index (χ1v) is 3.01. The van der Waals surface area contributed by atoms with Gasteiger partial charge in [-0.25, -0.2) is 0 Å². The Morgan fingerprint density at radius 3 is 2.80 bits per heavy atom. The third-order valence-electron chi connectivity index (χ3n) is 0.993. The van der Waals surface area contributed by atoms with E-state index in [0.29, 0.717) is 23.8 Å². The molecule has 0 spiro atoms. The highest BCUT2D eigenvalue weighted by Gasteiger charge is 2.01. The summed E-state index contributed by atoms with van der Waals surface area (Å²) in [5.41, 5.74) is 0.542. The van der Waals surface area contributed by atoms with Gasteiger partial charge in [-0.1, -0.05) is 5.16 Å². The van der Waals surface area contributed by atoms with Crippen molar-refractivity contribution >= 4 is 5.71 Å². The Bertz CT molecular complexity index is 241. The van der Waals surface area contributed by atoms with Crippen LogP contribution in [0.2, 0.25) is 0 Å². The van der Waals surface area contributed by atoms with Crippen molar-refractivity contribution in [2.75, 3.05) is 0 Å². The van der Waals surface area contributed by atoms with Gasteiger partial charge in [0.1, 0.15) is 0 Å².